The summed E-state index contributed by atoms with van der Waals surface area (Å²) in [7, 11) is -1.99. The summed E-state index contributed by atoms with van der Waals surface area (Å²) in [5.74, 6) is 0. The maximum atomic E-state index is 2.50. The molecule has 1 aromatic heterocycles. The first-order valence-corrected chi connectivity index (χ1v) is 28.7. The van der Waals surface area contributed by atoms with Crippen LogP contribution in [0.25, 0.3) is 93.5 Å². The third-order valence-corrected chi connectivity index (χ3v) is 19.1. The number of hydrogen-bond acceptors (Lipinski definition) is 1. The van der Waals surface area contributed by atoms with E-state index in [0.717, 1.165) is 33.8 Å². The molecule has 0 aliphatic heterocycles. The van der Waals surface area contributed by atoms with Gasteiger partial charge in [-0.25, -0.2) is 0 Å². The summed E-state index contributed by atoms with van der Waals surface area (Å²) in [5, 5.41) is 11.6. The highest BCUT2D eigenvalue weighted by Crippen LogP contribution is 2.48. The van der Waals surface area contributed by atoms with Gasteiger partial charge in [-0.3, -0.25) is 0 Å². The van der Waals surface area contributed by atoms with Crippen LogP contribution in [0.5, 0.6) is 0 Å². The number of nitrogens with zero attached hydrogens (tertiary/aromatic N) is 2. The van der Waals surface area contributed by atoms with Gasteiger partial charge in [-0.05, 0) is 145 Å². The summed E-state index contributed by atoms with van der Waals surface area (Å²) in [6.45, 7) is 2.30. The molecular formula is C75H54N2Si. The standard InChI is InChI=1S/C75H54N2Si/c1-52-20-19-33-67(75(52)68-32-16-18-35-74(68)78(64-27-7-3-8-28-64)65-29-9-4-10-30-65)70-50-69-66-31-15-17-34-71(66)77(61-25-5-2-6-26-61)73(69)51-72(70)76(62-44-40-55(41-45-62)59-38-36-53-21-11-13-23-57(53)48-59)63-46-42-56(43-47-63)60-39-37-54-22-12-14-24-58(54)49-60/h2-51,78H,1H3. The molecule has 0 fully saturated rings. The fourth-order valence-electron chi connectivity index (χ4n) is 12.1. The maximum absolute atomic E-state index is 2.50. The normalized spacial score (nSPS) is 11.5. The van der Waals surface area contributed by atoms with E-state index in [9.17, 15) is 0 Å². The van der Waals surface area contributed by atoms with E-state index in [2.05, 4.69) is 320 Å². The number of hydrogen-bond donors (Lipinski definition) is 0. The van der Waals surface area contributed by atoms with E-state index in [4.69, 9.17) is 0 Å². The Bertz CT molecular complexity index is 4320. The van der Waals surface area contributed by atoms with Crippen LogP contribution < -0.4 is 20.5 Å². The van der Waals surface area contributed by atoms with Crippen LogP contribution in [0.1, 0.15) is 5.56 Å². The van der Waals surface area contributed by atoms with Crippen LogP contribution >= 0.6 is 0 Å². The average molecular weight is 1010 g/mol. The van der Waals surface area contributed by atoms with E-state index in [1.54, 1.807) is 0 Å². The Kier molecular flexibility index (Phi) is 12.0. The first kappa shape index (κ1) is 46.7. The van der Waals surface area contributed by atoms with Crippen molar-refractivity contribution in [3.05, 3.63) is 309 Å². The van der Waals surface area contributed by atoms with E-state index >= 15 is 0 Å². The van der Waals surface area contributed by atoms with Crippen LogP contribution in [0.4, 0.5) is 17.1 Å². The second-order valence-corrected chi connectivity index (χ2v) is 23.3. The molecule has 13 aromatic carbocycles. The molecule has 1 heterocycles. The van der Waals surface area contributed by atoms with Crippen molar-refractivity contribution >= 4 is 84.8 Å². The monoisotopic (exact) mass is 1010 g/mol. The average Bonchev–Trinajstić information content (AvgIpc) is 3.90. The van der Waals surface area contributed by atoms with E-state index in [1.165, 1.54) is 97.9 Å². The van der Waals surface area contributed by atoms with Gasteiger partial charge in [0, 0.05) is 33.4 Å². The van der Waals surface area contributed by atoms with Gasteiger partial charge in [0.15, 0.2) is 0 Å². The summed E-state index contributed by atoms with van der Waals surface area (Å²) in [5.41, 5.74) is 17.5. The highest BCUT2D eigenvalue weighted by atomic mass is 28.3. The topological polar surface area (TPSA) is 8.17 Å². The van der Waals surface area contributed by atoms with Gasteiger partial charge in [0.25, 0.3) is 0 Å². The van der Waals surface area contributed by atoms with Crippen molar-refractivity contribution in [2.24, 2.45) is 0 Å². The van der Waals surface area contributed by atoms with Gasteiger partial charge < -0.3 is 9.47 Å². The molecule has 0 radical (unpaired) electrons. The van der Waals surface area contributed by atoms with Crippen molar-refractivity contribution in [2.75, 3.05) is 4.90 Å². The molecule has 0 saturated heterocycles. The lowest BCUT2D eigenvalue weighted by molar-refractivity contribution is 1.18. The Morgan fingerprint density at radius 1 is 0.321 bits per heavy atom. The van der Waals surface area contributed by atoms with Gasteiger partial charge in [-0.2, -0.15) is 0 Å². The van der Waals surface area contributed by atoms with Crippen molar-refractivity contribution in [3.8, 4) is 50.2 Å². The van der Waals surface area contributed by atoms with Crippen LogP contribution in [0.2, 0.25) is 0 Å². The van der Waals surface area contributed by atoms with Crippen LogP contribution in [0.3, 0.4) is 0 Å². The lowest BCUT2D eigenvalue weighted by atomic mass is 9.89. The van der Waals surface area contributed by atoms with E-state index in [0.29, 0.717) is 0 Å². The SMILES string of the molecule is Cc1cccc(-c2cc3c4ccccc4n(-c4ccccc4)c3cc2N(c2ccc(-c3ccc4ccccc4c3)cc2)c2ccc(-c3ccc4ccccc4c3)cc2)c1-c1ccccc1[SiH](c1ccccc1)c1ccccc1. The van der Waals surface area contributed by atoms with Crippen LogP contribution in [-0.2, 0) is 0 Å². The quantitative estimate of drug-likeness (QED) is 0.0926. The van der Waals surface area contributed by atoms with Crippen LogP contribution in [0.15, 0.2) is 303 Å². The number of fused-ring (bicyclic) bond motifs is 5. The van der Waals surface area contributed by atoms with Gasteiger partial charge >= 0.3 is 0 Å². The second kappa shape index (κ2) is 20.0. The molecule has 0 amide bonds. The summed E-state index contributed by atoms with van der Waals surface area (Å²) >= 11 is 0. The molecule has 0 aliphatic rings. The van der Waals surface area contributed by atoms with Gasteiger partial charge in [0.2, 0.25) is 0 Å². The third-order valence-electron chi connectivity index (χ3n) is 15.8. The summed E-state index contributed by atoms with van der Waals surface area (Å²) < 4.78 is 2.45. The fraction of sp³-hybridized carbons (Fsp3) is 0.0133. The molecule has 0 N–H and O–H groups in total. The minimum atomic E-state index is -1.99. The van der Waals surface area contributed by atoms with Gasteiger partial charge in [0.05, 0.1) is 16.7 Å². The number of rotatable bonds is 11. The van der Waals surface area contributed by atoms with E-state index < -0.39 is 8.80 Å². The zero-order chi connectivity index (χ0) is 51.9. The molecule has 368 valence electrons. The molecule has 0 atom stereocenters. The molecule has 0 unspecified atom stereocenters. The Labute approximate surface area is 457 Å². The van der Waals surface area contributed by atoms with Crippen molar-refractivity contribution in [1.29, 1.82) is 0 Å². The number of aromatic nitrogens is 1. The lowest BCUT2D eigenvalue weighted by Gasteiger charge is -2.30. The summed E-state index contributed by atoms with van der Waals surface area (Å²) in [4.78, 5) is 2.50. The minimum Gasteiger partial charge on any atom is -0.310 e. The molecule has 14 aromatic rings. The van der Waals surface area contributed by atoms with Gasteiger partial charge in [0.1, 0.15) is 8.80 Å². The van der Waals surface area contributed by atoms with E-state index in [1.807, 2.05) is 0 Å². The zero-order valence-electron chi connectivity index (χ0n) is 43.3. The molecule has 78 heavy (non-hydrogen) atoms. The number of anilines is 3. The summed E-state index contributed by atoms with van der Waals surface area (Å²) in [6.07, 6.45) is 0. The minimum absolute atomic E-state index is 1.07. The Morgan fingerprint density at radius 2 is 0.808 bits per heavy atom. The molecule has 0 aliphatic carbocycles. The first-order valence-electron chi connectivity index (χ1n) is 27.0. The molecule has 0 bridgehead atoms. The van der Waals surface area contributed by atoms with Crippen LogP contribution in [-0.4, -0.2) is 13.4 Å². The largest absolute Gasteiger partial charge is 0.310 e. The molecule has 14 rings (SSSR count). The molecule has 0 saturated carbocycles. The molecule has 2 nitrogen and oxygen atoms in total. The first-order chi connectivity index (χ1) is 38.6. The second-order valence-electron chi connectivity index (χ2n) is 20.5. The van der Waals surface area contributed by atoms with Gasteiger partial charge in [-0.1, -0.05) is 247 Å². The highest BCUT2D eigenvalue weighted by molar-refractivity contribution is 6.96. The third kappa shape index (κ3) is 8.48. The summed E-state index contributed by atoms with van der Waals surface area (Å²) in [6, 6.07) is 112. The molecular weight excluding hydrogens is 957 g/mol. The van der Waals surface area contributed by atoms with Crippen molar-refractivity contribution in [3.63, 3.8) is 0 Å². The zero-order valence-corrected chi connectivity index (χ0v) is 44.5. The smallest absolute Gasteiger partial charge is 0.133 e. The molecule has 0 spiro atoms. The fourth-order valence-corrected chi connectivity index (χ4v) is 15.3. The predicted octanol–water partition coefficient (Wildman–Crippen LogP) is 17.8. The number of benzene rings is 13. The Morgan fingerprint density at radius 3 is 1.41 bits per heavy atom. The maximum Gasteiger partial charge on any atom is 0.133 e. The van der Waals surface area contributed by atoms with Crippen molar-refractivity contribution in [1.82, 2.24) is 4.57 Å². The Hall–Kier alpha value is -9.80. The number of aryl methyl sites for hydroxylation is 1. The lowest BCUT2D eigenvalue weighted by Crippen LogP contribution is -2.52. The van der Waals surface area contributed by atoms with E-state index in [-0.39, 0.29) is 0 Å². The van der Waals surface area contributed by atoms with Crippen molar-refractivity contribution in [2.45, 2.75) is 6.92 Å². The van der Waals surface area contributed by atoms with Crippen LogP contribution in [0, 0.1) is 6.92 Å². The van der Waals surface area contributed by atoms with Gasteiger partial charge in [-0.15, -0.1) is 0 Å². The van der Waals surface area contributed by atoms with Crippen molar-refractivity contribution < 1.29 is 0 Å². The molecule has 3 heteroatoms. The number of para-hydroxylation sites is 2. The highest BCUT2D eigenvalue weighted by Gasteiger charge is 2.28. The Balaban J connectivity index is 1.04. The predicted molar refractivity (Wildman–Crippen MR) is 336 cm³/mol.